The zero-order chi connectivity index (χ0) is 9.68. The summed E-state index contributed by atoms with van der Waals surface area (Å²) in [5, 5.41) is 3.62. The number of amides is 2. The average molecular weight is 242 g/mol. The number of nitrogens with zero attached hydrogens (tertiary/aromatic N) is 1. The molecule has 0 saturated heterocycles. The van der Waals surface area contributed by atoms with Gasteiger partial charge in [0, 0.05) is 10.0 Å². The Hall–Kier alpha value is -1.36. The first kappa shape index (κ1) is 9.73. The number of hydrogen-bond acceptors (Lipinski definition) is 2. The minimum Gasteiger partial charge on any atom is -0.350 e. The van der Waals surface area contributed by atoms with Gasteiger partial charge in [-0.3, -0.25) is 0 Å². The van der Waals surface area contributed by atoms with E-state index in [-0.39, 0.29) is 0 Å². The summed E-state index contributed by atoms with van der Waals surface area (Å²) < 4.78 is 0.907. The van der Waals surface area contributed by atoms with Gasteiger partial charge >= 0.3 is 6.03 Å². The third-order valence-corrected chi connectivity index (χ3v) is 2.01. The number of carbonyl (C=O) groups is 1. The van der Waals surface area contributed by atoms with Crippen LogP contribution in [0.15, 0.2) is 33.8 Å². The number of urea groups is 1. The minimum atomic E-state index is -0.677. The van der Waals surface area contributed by atoms with E-state index in [1.165, 1.54) is 6.21 Å². The van der Waals surface area contributed by atoms with Crippen LogP contribution in [0.3, 0.4) is 0 Å². The van der Waals surface area contributed by atoms with Gasteiger partial charge in [-0.1, -0.05) is 34.1 Å². The van der Waals surface area contributed by atoms with E-state index in [2.05, 4.69) is 26.5 Å². The summed E-state index contributed by atoms with van der Waals surface area (Å²) in [7, 11) is 0. The van der Waals surface area contributed by atoms with Crippen molar-refractivity contribution in [2.45, 2.75) is 0 Å². The van der Waals surface area contributed by atoms with Gasteiger partial charge in [-0.2, -0.15) is 5.10 Å². The SMILES string of the molecule is NC(=O)NN=Cc1ccccc1Br. The zero-order valence-electron chi connectivity index (χ0n) is 6.70. The van der Waals surface area contributed by atoms with Crippen molar-refractivity contribution in [1.29, 1.82) is 0 Å². The second-order valence-electron chi connectivity index (χ2n) is 2.26. The van der Waals surface area contributed by atoms with Gasteiger partial charge in [-0.25, -0.2) is 10.2 Å². The molecule has 0 aliphatic heterocycles. The minimum absolute atomic E-state index is 0.677. The van der Waals surface area contributed by atoms with E-state index in [9.17, 15) is 4.79 Å². The van der Waals surface area contributed by atoms with Crippen molar-refractivity contribution in [2.24, 2.45) is 10.8 Å². The third-order valence-electron chi connectivity index (χ3n) is 1.28. The van der Waals surface area contributed by atoms with E-state index in [1.54, 1.807) is 0 Å². The van der Waals surface area contributed by atoms with Crippen LogP contribution in [-0.2, 0) is 0 Å². The van der Waals surface area contributed by atoms with Crippen LogP contribution in [0.2, 0.25) is 0 Å². The van der Waals surface area contributed by atoms with Crippen LogP contribution < -0.4 is 11.2 Å². The first-order valence-corrected chi connectivity index (χ1v) is 4.32. The van der Waals surface area contributed by atoms with Gasteiger partial charge in [0.2, 0.25) is 0 Å². The Morgan fingerprint density at radius 2 is 2.23 bits per heavy atom. The molecule has 68 valence electrons. The van der Waals surface area contributed by atoms with Gasteiger partial charge in [-0.15, -0.1) is 0 Å². The molecule has 3 N–H and O–H groups in total. The van der Waals surface area contributed by atoms with Crippen LogP contribution in [0.5, 0.6) is 0 Å². The highest BCUT2D eigenvalue weighted by Crippen LogP contribution is 2.12. The Kier molecular flexibility index (Phi) is 3.45. The maximum atomic E-state index is 10.3. The maximum absolute atomic E-state index is 10.3. The lowest BCUT2D eigenvalue weighted by atomic mass is 10.2. The molecule has 1 aromatic carbocycles. The molecule has 1 rings (SSSR count). The van der Waals surface area contributed by atoms with E-state index in [0.717, 1.165) is 10.0 Å². The van der Waals surface area contributed by atoms with Crippen LogP contribution in [0.4, 0.5) is 4.79 Å². The molecule has 0 heterocycles. The van der Waals surface area contributed by atoms with Crippen LogP contribution in [-0.4, -0.2) is 12.2 Å². The summed E-state index contributed by atoms with van der Waals surface area (Å²) in [4.78, 5) is 10.3. The summed E-state index contributed by atoms with van der Waals surface area (Å²) in [6.45, 7) is 0. The molecule has 0 aromatic heterocycles. The fourth-order valence-electron chi connectivity index (χ4n) is 0.745. The van der Waals surface area contributed by atoms with Gasteiger partial charge < -0.3 is 5.73 Å². The topological polar surface area (TPSA) is 67.5 Å². The van der Waals surface area contributed by atoms with Crippen molar-refractivity contribution in [3.05, 3.63) is 34.3 Å². The first-order chi connectivity index (χ1) is 6.20. The molecule has 2 amide bonds. The number of benzene rings is 1. The number of rotatable bonds is 2. The van der Waals surface area contributed by atoms with Gasteiger partial charge in [0.15, 0.2) is 0 Å². The van der Waals surface area contributed by atoms with Crippen molar-refractivity contribution in [3.63, 3.8) is 0 Å². The van der Waals surface area contributed by atoms with E-state index in [4.69, 9.17) is 5.73 Å². The molecule has 0 saturated carbocycles. The number of primary amides is 1. The summed E-state index contributed by atoms with van der Waals surface area (Å²) in [5.41, 5.74) is 7.80. The van der Waals surface area contributed by atoms with Crippen molar-refractivity contribution in [3.8, 4) is 0 Å². The van der Waals surface area contributed by atoms with Crippen molar-refractivity contribution in [2.75, 3.05) is 0 Å². The predicted octanol–water partition coefficient (Wildman–Crippen LogP) is 1.45. The molecule has 0 aliphatic carbocycles. The summed E-state index contributed by atoms with van der Waals surface area (Å²) in [5.74, 6) is 0. The van der Waals surface area contributed by atoms with Crippen LogP contribution in [0.25, 0.3) is 0 Å². The van der Waals surface area contributed by atoms with Crippen LogP contribution in [0, 0.1) is 0 Å². The Labute approximate surface area is 83.9 Å². The Morgan fingerprint density at radius 1 is 1.54 bits per heavy atom. The van der Waals surface area contributed by atoms with E-state index in [0.29, 0.717) is 0 Å². The molecule has 0 radical (unpaired) electrons. The highest BCUT2D eigenvalue weighted by atomic mass is 79.9. The third kappa shape index (κ3) is 3.25. The summed E-state index contributed by atoms with van der Waals surface area (Å²) >= 11 is 3.33. The highest BCUT2D eigenvalue weighted by Gasteiger charge is 1.93. The Morgan fingerprint density at radius 3 is 2.85 bits per heavy atom. The van der Waals surface area contributed by atoms with E-state index in [1.807, 2.05) is 24.3 Å². The molecule has 4 nitrogen and oxygen atoms in total. The lowest BCUT2D eigenvalue weighted by molar-refractivity contribution is 0.249. The van der Waals surface area contributed by atoms with Crippen molar-refractivity contribution in [1.82, 2.24) is 5.43 Å². The number of hydrazone groups is 1. The molecular formula is C8H8BrN3O. The van der Waals surface area contributed by atoms with Gasteiger partial charge in [0.05, 0.1) is 6.21 Å². The molecule has 0 spiro atoms. The summed E-state index contributed by atoms with van der Waals surface area (Å²) in [6.07, 6.45) is 1.51. The van der Waals surface area contributed by atoms with Crippen molar-refractivity contribution < 1.29 is 4.79 Å². The van der Waals surface area contributed by atoms with Crippen LogP contribution in [0.1, 0.15) is 5.56 Å². The van der Waals surface area contributed by atoms with Gasteiger partial charge in [0.25, 0.3) is 0 Å². The molecular weight excluding hydrogens is 234 g/mol. The molecule has 5 heteroatoms. The zero-order valence-corrected chi connectivity index (χ0v) is 8.28. The second kappa shape index (κ2) is 4.61. The molecule has 0 fully saturated rings. The molecule has 0 atom stereocenters. The quantitative estimate of drug-likeness (QED) is 0.598. The lowest BCUT2D eigenvalue weighted by Gasteiger charge is -1.95. The number of halogens is 1. The lowest BCUT2D eigenvalue weighted by Crippen LogP contribution is -2.24. The monoisotopic (exact) mass is 241 g/mol. The number of nitrogens with two attached hydrogens (primary N) is 1. The molecule has 13 heavy (non-hydrogen) atoms. The normalized spacial score (nSPS) is 10.2. The van der Waals surface area contributed by atoms with Crippen molar-refractivity contribution >= 4 is 28.2 Å². The smallest absolute Gasteiger partial charge is 0.332 e. The largest absolute Gasteiger partial charge is 0.350 e. The molecule has 0 bridgehead atoms. The molecule has 0 aliphatic rings. The Balaban J connectivity index is 2.68. The maximum Gasteiger partial charge on any atom is 0.332 e. The van der Waals surface area contributed by atoms with Crippen LogP contribution >= 0.6 is 15.9 Å². The standard InChI is InChI=1S/C8H8BrN3O/c9-7-4-2-1-3-6(7)5-11-12-8(10)13/h1-5H,(H3,10,12,13). The summed E-state index contributed by atoms with van der Waals surface area (Å²) in [6, 6.07) is 6.82. The number of hydrogen-bond donors (Lipinski definition) is 2. The van der Waals surface area contributed by atoms with E-state index >= 15 is 0 Å². The molecule has 0 unspecified atom stereocenters. The van der Waals surface area contributed by atoms with Gasteiger partial charge in [0.1, 0.15) is 0 Å². The fourth-order valence-corrected chi connectivity index (χ4v) is 1.13. The molecule has 1 aromatic rings. The second-order valence-corrected chi connectivity index (χ2v) is 3.11. The number of nitrogens with one attached hydrogen (secondary N) is 1. The Bertz CT molecular complexity index is 338. The fraction of sp³-hybridized carbons (Fsp3) is 0. The predicted molar refractivity (Wildman–Crippen MR) is 54.5 cm³/mol. The highest BCUT2D eigenvalue weighted by molar-refractivity contribution is 9.10. The first-order valence-electron chi connectivity index (χ1n) is 3.53. The van der Waals surface area contributed by atoms with E-state index < -0.39 is 6.03 Å². The average Bonchev–Trinajstić information content (AvgIpc) is 2.08. The van der Waals surface area contributed by atoms with Gasteiger partial charge in [-0.05, 0) is 6.07 Å². The number of carbonyl (C=O) groups excluding carboxylic acids is 1.